The summed E-state index contributed by atoms with van der Waals surface area (Å²) in [4.78, 5) is 4.80. The Morgan fingerprint density at radius 2 is 1.95 bits per heavy atom. The van der Waals surface area contributed by atoms with Crippen molar-refractivity contribution in [2.75, 3.05) is 0 Å². The van der Waals surface area contributed by atoms with E-state index < -0.39 is 0 Å². The highest BCUT2D eigenvalue weighted by Crippen LogP contribution is 2.21. The van der Waals surface area contributed by atoms with Crippen molar-refractivity contribution in [2.24, 2.45) is 5.73 Å². The predicted octanol–water partition coefficient (Wildman–Crippen LogP) is 2.94. The first-order valence-electron chi connectivity index (χ1n) is 6.83. The van der Waals surface area contributed by atoms with E-state index in [0.717, 1.165) is 22.5 Å². The highest BCUT2D eigenvalue weighted by molar-refractivity contribution is 7.80. The number of phenolic OH excluding ortho intramolecular Hbond substituents is 1. The molecule has 110 valence electrons. The molecule has 0 saturated heterocycles. The largest absolute Gasteiger partial charge is 0.508 e. The van der Waals surface area contributed by atoms with E-state index in [2.05, 4.69) is 4.98 Å². The molecule has 0 bridgehead atoms. The molecule has 4 nitrogen and oxygen atoms in total. The van der Waals surface area contributed by atoms with Gasteiger partial charge in [-0.1, -0.05) is 30.4 Å². The van der Waals surface area contributed by atoms with Gasteiger partial charge in [-0.05, 0) is 35.9 Å². The first kappa shape index (κ1) is 14.3. The lowest BCUT2D eigenvalue weighted by molar-refractivity contribution is 0.475. The van der Waals surface area contributed by atoms with Crippen LogP contribution < -0.4 is 5.73 Å². The van der Waals surface area contributed by atoms with Gasteiger partial charge in [0.2, 0.25) is 0 Å². The van der Waals surface area contributed by atoms with Crippen LogP contribution in [0.25, 0.3) is 11.4 Å². The Labute approximate surface area is 133 Å². The summed E-state index contributed by atoms with van der Waals surface area (Å²) in [5, 5.41) is 9.39. The van der Waals surface area contributed by atoms with Crippen molar-refractivity contribution in [3.63, 3.8) is 0 Å². The van der Waals surface area contributed by atoms with Gasteiger partial charge >= 0.3 is 0 Å². The van der Waals surface area contributed by atoms with E-state index in [1.54, 1.807) is 18.3 Å². The number of phenols is 1. The van der Waals surface area contributed by atoms with Gasteiger partial charge in [0.15, 0.2) is 0 Å². The van der Waals surface area contributed by atoms with E-state index in [-0.39, 0.29) is 5.75 Å². The van der Waals surface area contributed by atoms with Gasteiger partial charge < -0.3 is 15.4 Å². The van der Waals surface area contributed by atoms with Crippen LogP contribution in [-0.2, 0) is 6.54 Å². The Morgan fingerprint density at radius 1 is 1.18 bits per heavy atom. The van der Waals surface area contributed by atoms with Crippen LogP contribution in [0.3, 0.4) is 0 Å². The van der Waals surface area contributed by atoms with E-state index in [0.29, 0.717) is 11.5 Å². The van der Waals surface area contributed by atoms with Crippen molar-refractivity contribution in [1.82, 2.24) is 9.55 Å². The molecule has 0 aliphatic rings. The van der Waals surface area contributed by atoms with Crippen molar-refractivity contribution in [2.45, 2.75) is 6.54 Å². The number of rotatable bonds is 4. The molecular weight excluding hydrogens is 294 g/mol. The van der Waals surface area contributed by atoms with E-state index in [1.165, 1.54) is 0 Å². The zero-order valence-electron chi connectivity index (χ0n) is 11.8. The quantitative estimate of drug-likeness (QED) is 0.727. The molecule has 0 spiro atoms. The Bertz CT molecular complexity index is 809. The van der Waals surface area contributed by atoms with Crippen LogP contribution in [0.15, 0.2) is 60.9 Å². The Hall–Kier alpha value is -2.66. The highest BCUT2D eigenvalue weighted by atomic mass is 32.1. The standard InChI is InChI=1S/C17H15N3OS/c18-16(22)14-3-1-2-12(10-14)11-20-9-8-19-17(20)13-4-6-15(21)7-5-13/h1-10,21H,11H2,(H2,18,22). The minimum atomic E-state index is 0.242. The van der Waals surface area contributed by atoms with Crippen LogP contribution >= 0.6 is 12.2 Å². The molecule has 1 aromatic heterocycles. The first-order valence-corrected chi connectivity index (χ1v) is 7.23. The summed E-state index contributed by atoms with van der Waals surface area (Å²) in [5.41, 5.74) is 8.59. The van der Waals surface area contributed by atoms with Gasteiger partial charge in [-0.2, -0.15) is 0 Å². The fourth-order valence-corrected chi connectivity index (χ4v) is 2.45. The summed E-state index contributed by atoms with van der Waals surface area (Å²) in [5.74, 6) is 1.09. The molecule has 0 fully saturated rings. The van der Waals surface area contributed by atoms with Gasteiger partial charge in [-0.3, -0.25) is 0 Å². The van der Waals surface area contributed by atoms with Gasteiger partial charge in [0.25, 0.3) is 0 Å². The number of benzene rings is 2. The lowest BCUT2D eigenvalue weighted by Crippen LogP contribution is -2.10. The Kier molecular flexibility index (Phi) is 3.89. The molecule has 0 saturated carbocycles. The third-order valence-electron chi connectivity index (χ3n) is 3.41. The van der Waals surface area contributed by atoms with E-state index >= 15 is 0 Å². The summed E-state index contributed by atoms with van der Waals surface area (Å²) < 4.78 is 2.05. The Morgan fingerprint density at radius 3 is 2.68 bits per heavy atom. The molecule has 5 heteroatoms. The molecule has 3 aromatic rings. The zero-order chi connectivity index (χ0) is 15.5. The summed E-state index contributed by atoms with van der Waals surface area (Å²) in [7, 11) is 0. The first-order chi connectivity index (χ1) is 10.6. The average molecular weight is 309 g/mol. The molecule has 0 unspecified atom stereocenters. The van der Waals surface area contributed by atoms with Gasteiger partial charge in [0.05, 0.1) is 0 Å². The monoisotopic (exact) mass is 309 g/mol. The van der Waals surface area contributed by atoms with E-state index in [4.69, 9.17) is 18.0 Å². The molecule has 1 heterocycles. The lowest BCUT2D eigenvalue weighted by atomic mass is 10.1. The molecule has 3 N–H and O–H groups in total. The molecule has 0 atom stereocenters. The van der Waals surface area contributed by atoms with Gasteiger partial charge in [0.1, 0.15) is 16.6 Å². The molecular formula is C17H15N3OS. The maximum atomic E-state index is 9.39. The number of thiocarbonyl (C=S) groups is 1. The van der Waals surface area contributed by atoms with Crippen molar-refractivity contribution >= 4 is 17.2 Å². The normalized spacial score (nSPS) is 10.5. The molecule has 0 radical (unpaired) electrons. The molecule has 3 rings (SSSR count). The van der Waals surface area contributed by atoms with Gasteiger partial charge in [-0.15, -0.1) is 0 Å². The molecule has 0 aliphatic heterocycles. The van der Waals surface area contributed by atoms with E-state index in [1.807, 2.05) is 47.2 Å². The van der Waals surface area contributed by atoms with Crippen LogP contribution in [0.2, 0.25) is 0 Å². The molecule has 0 aliphatic carbocycles. The third kappa shape index (κ3) is 2.99. The van der Waals surface area contributed by atoms with Crippen LogP contribution in [0, 0.1) is 0 Å². The molecule has 22 heavy (non-hydrogen) atoms. The second kappa shape index (κ2) is 5.99. The smallest absolute Gasteiger partial charge is 0.140 e. The number of aromatic hydroxyl groups is 1. The number of hydrogen-bond donors (Lipinski definition) is 2. The summed E-state index contributed by atoms with van der Waals surface area (Å²) in [6, 6.07) is 14.9. The molecule has 0 amide bonds. The van der Waals surface area contributed by atoms with Crippen LogP contribution in [0.1, 0.15) is 11.1 Å². The fourth-order valence-electron chi connectivity index (χ4n) is 2.33. The van der Waals surface area contributed by atoms with Crippen molar-refractivity contribution < 1.29 is 5.11 Å². The highest BCUT2D eigenvalue weighted by Gasteiger charge is 2.07. The van der Waals surface area contributed by atoms with Gasteiger partial charge in [0, 0.05) is 30.1 Å². The maximum absolute atomic E-state index is 9.39. The predicted molar refractivity (Wildman–Crippen MR) is 90.8 cm³/mol. The summed E-state index contributed by atoms with van der Waals surface area (Å²) in [6.07, 6.45) is 3.69. The van der Waals surface area contributed by atoms with Crippen molar-refractivity contribution in [3.05, 3.63) is 72.1 Å². The van der Waals surface area contributed by atoms with Crippen molar-refractivity contribution in [3.8, 4) is 17.1 Å². The summed E-state index contributed by atoms with van der Waals surface area (Å²) in [6.45, 7) is 0.673. The second-order valence-corrected chi connectivity index (χ2v) is 5.43. The fraction of sp³-hybridized carbons (Fsp3) is 0.0588. The number of nitrogens with two attached hydrogens (primary N) is 1. The second-order valence-electron chi connectivity index (χ2n) is 4.99. The number of nitrogens with zero attached hydrogens (tertiary/aromatic N) is 2. The lowest BCUT2D eigenvalue weighted by Gasteiger charge is -2.09. The minimum absolute atomic E-state index is 0.242. The molecule has 2 aromatic carbocycles. The van der Waals surface area contributed by atoms with Crippen LogP contribution in [0.5, 0.6) is 5.75 Å². The number of hydrogen-bond acceptors (Lipinski definition) is 3. The number of aromatic nitrogens is 2. The zero-order valence-corrected chi connectivity index (χ0v) is 12.6. The minimum Gasteiger partial charge on any atom is -0.508 e. The van der Waals surface area contributed by atoms with Crippen LogP contribution in [0.4, 0.5) is 0 Å². The topological polar surface area (TPSA) is 64.1 Å². The average Bonchev–Trinajstić information content (AvgIpc) is 2.96. The Balaban J connectivity index is 1.91. The van der Waals surface area contributed by atoms with Gasteiger partial charge in [-0.25, -0.2) is 4.98 Å². The number of imidazole rings is 1. The maximum Gasteiger partial charge on any atom is 0.140 e. The van der Waals surface area contributed by atoms with E-state index in [9.17, 15) is 5.11 Å². The van der Waals surface area contributed by atoms with Crippen LogP contribution in [-0.4, -0.2) is 19.6 Å². The SMILES string of the molecule is NC(=S)c1cccc(Cn2ccnc2-c2ccc(O)cc2)c1. The third-order valence-corrected chi connectivity index (χ3v) is 3.64. The van der Waals surface area contributed by atoms with Crippen molar-refractivity contribution in [1.29, 1.82) is 0 Å². The summed E-state index contributed by atoms with van der Waals surface area (Å²) >= 11 is 5.02.